The maximum absolute atomic E-state index is 12.0. The fourth-order valence-electron chi connectivity index (χ4n) is 1.57. The molecule has 1 heterocycles. The molecule has 18 heavy (non-hydrogen) atoms. The van der Waals surface area contributed by atoms with Gasteiger partial charge in [-0.2, -0.15) is 0 Å². The molecular formula is C13H13BrN2O2. The molecule has 5 heteroatoms. The van der Waals surface area contributed by atoms with Crippen molar-refractivity contribution in [3.63, 3.8) is 0 Å². The molecule has 0 aliphatic heterocycles. The van der Waals surface area contributed by atoms with Crippen LogP contribution in [-0.2, 0) is 0 Å². The number of benzene rings is 1. The smallest absolute Gasteiger partial charge is 0.251 e. The Morgan fingerprint density at radius 1 is 1.44 bits per heavy atom. The van der Waals surface area contributed by atoms with Gasteiger partial charge in [-0.1, -0.05) is 0 Å². The van der Waals surface area contributed by atoms with E-state index in [0.29, 0.717) is 17.0 Å². The molecule has 3 N–H and O–H groups in total. The van der Waals surface area contributed by atoms with Gasteiger partial charge in [-0.25, -0.2) is 0 Å². The Labute approximate surface area is 113 Å². The molecule has 0 unspecified atom stereocenters. The molecule has 0 saturated heterocycles. The highest BCUT2D eigenvalue weighted by Gasteiger charge is 2.13. The summed E-state index contributed by atoms with van der Waals surface area (Å²) >= 11 is 3.29. The Morgan fingerprint density at radius 2 is 2.22 bits per heavy atom. The number of rotatable bonds is 3. The molecule has 0 aliphatic carbocycles. The minimum atomic E-state index is -0.183. The summed E-state index contributed by atoms with van der Waals surface area (Å²) < 4.78 is 6.00. The molecule has 94 valence electrons. The largest absolute Gasteiger partial charge is 0.467 e. The van der Waals surface area contributed by atoms with Crippen molar-refractivity contribution in [1.82, 2.24) is 5.32 Å². The Bertz CT molecular complexity index is 552. The van der Waals surface area contributed by atoms with Crippen LogP contribution in [0.4, 0.5) is 5.69 Å². The monoisotopic (exact) mass is 308 g/mol. The van der Waals surface area contributed by atoms with E-state index in [9.17, 15) is 4.79 Å². The summed E-state index contributed by atoms with van der Waals surface area (Å²) in [6.07, 6.45) is 1.58. The van der Waals surface area contributed by atoms with Crippen LogP contribution in [0.15, 0.2) is 45.5 Å². The summed E-state index contributed by atoms with van der Waals surface area (Å²) in [4.78, 5) is 12.0. The van der Waals surface area contributed by atoms with E-state index in [1.807, 2.05) is 13.0 Å². The fraction of sp³-hybridized carbons (Fsp3) is 0.154. The van der Waals surface area contributed by atoms with Crippen molar-refractivity contribution in [2.75, 3.05) is 5.73 Å². The predicted molar refractivity (Wildman–Crippen MR) is 73.1 cm³/mol. The van der Waals surface area contributed by atoms with Crippen LogP contribution in [-0.4, -0.2) is 5.91 Å². The van der Waals surface area contributed by atoms with Crippen LogP contribution < -0.4 is 11.1 Å². The van der Waals surface area contributed by atoms with Crippen molar-refractivity contribution >= 4 is 27.5 Å². The maximum Gasteiger partial charge on any atom is 0.251 e. The average molecular weight is 309 g/mol. The first kappa shape index (κ1) is 12.7. The number of hydrogen-bond acceptors (Lipinski definition) is 3. The van der Waals surface area contributed by atoms with E-state index in [1.54, 1.807) is 30.5 Å². The maximum atomic E-state index is 12.0. The summed E-state index contributed by atoms with van der Waals surface area (Å²) in [5, 5.41) is 2.84. The second kappa shape index (κ2) is 5.27. The summed E-state index contributed by atoms with van der Waals surface area (Å²) in [6.45, 7) is 1.86. The van der Waals surface area contributed by atoms with Crippen LogP contribution in [0.2, 0.25) is 0 Å². The van der Waals surface area contributed by atoms with Crippen LogP contribution in [0.25, 0.3) is 0 Å². The van der Waals surface area contributed by atoms with Crippen LogP contribution in [0.1, 0.15) is 29.1 Å². The number of nitrogen functional groups attached to an aromatic ring is 1. The fourth-order valence-corrected chi connectivity index (χ4v) is 1.82. The highest BCUT2D eigenvalue weighted by atomic mass is 79.9. The average Bonchev–Trinajstić information content (AvgIpc) is 2.86. The van der Waals surface area contributed by atoms with Gasteiger partial charge in [0, 0.05) is 15.7 Å². The molecule has 2 rings (SSSR count). The first-order valence-corrected chi connectivity index (χ1v) is 6.26. The minimum Gasteiger partial charge on any atom is -0.467 e. The highest BCUT2D eigenvalue weighted by Crippen LogP contribution is 2.21. The molecule has 2 aromatic rings. The Morgan fingerprint density at radius 3 is 2.83 bits per heavy atom. The van der Waals surface area contributed by atoms with E-state index in [0.717, 1.165) is 4.47 Å². The molecule has 1 amide bonds. The van der Waals surface area contributed by atoms with Gasteiger partial charge in [0.1, 0.15) is 5.76 Å². The van der Waals surface area contributed by atoms with Crippen LogP contribution in [0.5, 0.6) is 0 Å². The molecule has 0 radical (unpaired) electrons. The molecule has 0 spiro atoms. The Balaban J connectivity index is 2.10. The number of amides is 1. The summed E-state index contributed by atoms with van der Waals surface area (Å²) in [7, 11) is 0. The minimum absolute atomic E-state index is 0.182. The second-order valence-corrected chi connectivity index (χ2v) is 4.80. The van der Waals surface area contributed by atoms with E-state index in [2.05, 4.69) is 21.2 Å². The van der Waals surface area contributed by atoms with E-state index in [-0.39, 0.29) is 11.9 Å². The summed E-state index contributed by atoms with van der Waals surface area (Å²) in [5.41, 5.74) is 6.80. The topological polar surface area (TPSA) is 68.3 Å². The van der Waals surface area contributed by atoms with E-state index < -0.39 is 0 Å². The second-order valence-electron chi connectivity index (χ2n) is 3.95. The van der Waals surface area contributed by atoms with Gasteiger partial charge in [-0.15, -0.1) is 0 Å². The van der Waals surface area contributed by atoms with Crippen molar-refractivity contribution < 1.29 is 9.21 Å². The predicted octanol–water partition coefficient (Wildman–Crippen LogP) is 3.12. The van der Waals surface area contributed by atoms with Crippen molar-refractivity contribution in [2.45, 2.75) is 13.0 Å². The van der Waals surface area contributed by atoms with Crippen molar-refractivity contribution in [3.8, 4) is 0 Å². The molecule has 0 saturated carbocycles. The Hall–Kier alpha value is -1.75. The summed E-state index contributed by atoms with van der Waals surface area (Å²) in [6, 6.07) is 8.52. The number of furan rings is 1. The van der Waals surface area contributed by atoms with Gasteiger partial charge < -0.3 is 15.5 Å². The van der Waals surface area contributed by atoms with E-state index >= 15 is 0 Å². The molecule has 0 bridgehead atoms. The SMILES string of the molecule is C[C@H](NC(=O)c1ccc(Br)c(N)c1)c1ccco1. The number of hydrogen-bond donors (Lipinski definition) is 2. The van der Waals surface area contributed by atoms with Crippen LogP contribution in [0.3, 0.4) is 0 Å². The standard InChI is InChI=1S/C13H13BrN2O2/c1-8(12-3-2-6-18-12)16-13(17)9-4-5-10(14)11(15)7-9/h2-8H,15H2,1H3,(H,16,17)/t8-/m0/s1. The first-order chi connectivity index (χ1) is 8.58. The zero-order valence-electron chi connectivity index (χ0n) is 9.81. The third kappa shape index (κ3) is 2.73. The molecule has 1 aromatic heterocycles. The third-order valence-corrected chi connectivity index (χ3v) is 3.30. The number of halogens is 1. The lowest BCUT2D eigenvalue weighted by molar-refractivity contribution is 0.0935. The number of nitrogens with two attached hydrogens (primary N) is 1. The van der Waals surface area contributed by atoms with E-state index in [1.165, 1.54) is 0 Å². The van der Waals surface area contributed by atoms with Gasteiger partial charge in [-0.3, -0.25) is 4.79 Å². The van der Waals surface area contributed by atoms with E-state index in [4.69, 9.17) is 10.2 Å². The highest BCUT2D eigenvalue weighted by molar-refractivity contribution is 9.10. The molecule has 1 aromatic carbocycles. The van der Waals surface area contributed by atoms with Gasteiger partial charge in [0.15, 0.2) is 0 Å². The molecular weight excluding hydrogens is 296 g/mol. The normalized spacial score (nSPS) is 12.1. The zero-order chi connectivity index (χ0) is 13.1. The van der Waals surface area contributed by atoms with Gasteiger partial charge in [0.25, 0.3) is 5.91 Å². The lowest BCUT2D eigenvalue weighted by Crippen LogP contribution is -2.26. The molecule has 0 fully saturated rings. The third-order valence-electron chi connectivity index (χ3n) is 2.58. The van der Waals surface area contributed by atoms with Crippen LogP contribution in [0, 0.1) is 0 Å². The number of carbonyl (C=O) groups excluding carboxylic acids is 1. The zero-order valence-corrected chi connectivity index (χ0v) is 11.4. The van der Waals surface area contributed by atoms with Gasteiger partial charge >= 0.3 is 0 Å². The van der Waals surface area contributed by atoms with Crippen LogP contribution >= 0.6 is 15.9 Å². The first-order valence-electron chi connectivity index (χ1n) is 5.47. The summed E-state index contributed by atoms with van der Waals surface area (Å²) in [5.74, 6) is 0.534. The lowest BCUT2D eigenvalue weighted by Gasteiger charge is -2.11. The van der Waals surface area contributed by atoms with Crippen molar-refractivity contribution in [1.29, 1.82) is 0 Å². The lowest BCUT2D eigenvalue weighted by atomic mass is 10.1. The quantitative estimate of drug-likeness (QED) is 0.856. The van der Waals surface area contributed by atoms with Gasteiger partial charge in [0.2, 0.25) is 0 Å². The van der Waals surface area contributed by atoms with Crippen molar-refractivity contribution in [2.24, 2.45) is 0 Å². The van der Waals surface area contributed by atoms with Crippen molar-refractivity contribution in [3.05, 3.63) is 52.4 Å². The number of carbonyl (C=O) groups is 1. The number of anilines is 1. The van der Waals surface area contributed by atoms with Gasteiger partial charge in [0.05, 0.1) is 12.3 Å². The number of nitrogens with one attached hydrogen (secondary N) is 1. The molecule has 4 nitrogen and oxygen atoms in total. The Kier molecular flexibility index (Phi) is 3.72. The van der Waals surface area contributed by atoms with Gasteiger partial charge in [-0.05, 0) is 53.2 Å². The molecule has 1 atom stereocenters. The molecule has 0 aliphatic rings.